The molecule has 0 aliphatic rings. The fourth-order valence-electron chi connectivity index (χ4n) is 1.79. The van der Waals surface area contributed by atoms with Crippen LogP contribution in [-0.2, 0) is 13.0 Å². The molecule has 1 heterocycles. The Balaban J connectivity index is 2.12. The molecule has 2 rings (SSSR count). The lowest BCUT2D eigenvalue weighted by atomic mass is 10.0. The standard InChI is InChI=1S/C13H15ClN2O2/c1-2-4-10-5-3-6-12(14)11(10)9-18-13-7-8-16(17)15-13/h3,5-8,17H,2,4,9H2,1H3. The van der Waals surface area contributed by atoms with Crippen LogP contribution in [-0.4, -0.2) is 15.2 Å². The zero-order valence-electron chi connectivity index (χ0n) is 10.1. The van der Waals surface area contributed by atoms with Crippen LogP contribution in [0, 0.1) is 0 Å². The summed E-state index contributed by atoms with van der Waals surface area (Å²) in [6.45, 7) is 2.48. The Morgan fingerprint density at radius 1 is 1.39 bits per heavy atom. The van der Waals surface area contributed by atoms with E-state index < -0.39 is 0 Å². The van der Waals surface area contributed by atoms with E-state index in [2.05, 4.69) is 18.1 Å². The monoisotopic (exact) mass is 266 g/mol. The average molecular weight is 267 g/mol. The molecule has 4 nitrogen and oxygen atoms in total. The van der Waals surface area contributed by atoms with Crippen molar-refractivity contribution >= 4 is 11.6 Å². The largest absolute Gasteiger partial charge is 0.472 e. The molecule has 0 saturated carbocycles. The maximum absolute atomic E-state index is 9.04. The number of halogens is 1. The van der Waals surface area contributed by atoms with Crippen molar-refractivity contribution < 1.29 is 9.94 Å². The number of rotatable bonds is 5. The molecule has 18 heavy (non-hydrogen) atoms. The number of aryl methyl sites for hydroxylation is 1. The number of aromatic nitrogens is 2. The molecule has 5 heteroatoms. The summed E-state index contributed by atoms with van der Waals surface area (Å²) in [5.74, 6) is 0.375. The van der Waals surface area contributed by atoms with Crippen LogP contribution in [0.1, 0.15) is 24.5 Å². The molecule has 2 aromatic rings. The third-order valence-corrected chi connectivity index (χ3v) is 3.01. The smallest absolute Gasteiger partial charge is 0.236 e. The Bertz CT molecular complexity index is 525. The summed E-state index contributed by atoms with van der Waals surface area (Å²) >= 11 is 6.18. The van der Waals surface area contributed by atoms with E-state index in [0.29, 0.717) is 17.5 Å². The molecule has 0 unspecified atom stereocenters. The highest BCUT2D eigenvalue weighted by Crippen LogP contribution is 2.23. The van der Waals surface area contributed by atoms with Gasteiger partial charge in [0.15, 0.2) is 0 Å². The van der Waals surface area contributed by atoms with Crippen molar-refractivity contribution in [2.45, 2.75) is 26.4 Å². The Kier molecular flexibility index (Phi) is 4.10. The first-order chi connectivity index (χ1) is 8.70. The molecule has 0 aliphatic heterocycles. The fourth-order valence-corrected chi connectivity index (χ4v) is 2.04. The van der Waals surface area contributed by atoms with E-state index in [4.69, 9.17) is 21.5 Å². The lowest BCUT2D eigenvalue weighted by molar-refractivity contribution is 0.141. The predicted octanol–water partition coefficient (Wildman–Crippen LogP) is 3.31. The van der Waals surface area contributed by atoms with Crippen molar-refractivity contribution in [1.82, 2.24) is 9.94 Å². The molecule has 0 aliphatic carbocycles. The van der Waals surface area contributed by atoms with E-state index in [0.717, 1.165) is 23.3 Å². The van der Waals surface area contributed by atoms with Gasteiger partial charge in [-0.2, -0.15) is 0 Å². The Morgan fingerprint density at radius 3 is 2.89 bits per heavy atom. The van der Waals surface area contributed by atoms with Gasteiger partial charge in [-0.3, -0.25) is 0 Å². The highest BCUT2D eigenvalue weighted by Gasteiger charge is 2.08. The van der Waals surface area contributed by atoms with Gasteiger partial charge >= 0.3 is 0 Å². The van der Waals surface area contributed by atoms with Crippen LogP contribution >= 0.6 is 11.6 Å². The Labute approximate surface area is 111 Å². The van der Waals surface area contributed by atoms with Crippen LogP contribution in [0.5, 0.6) is 5.88 Å². The van der Waals surface area contributed by atoms with Crippen LogP contribution < -0.4 is 4.74 Å². The van der Waals surface area contributed by atoms with Crippen LogP contribution in [0.4, 0.5) is 0 Å². The Morgan fingerprint density at radius 2 is 2.22 bits per heavy atom. The summed E-state index contributed by atoms with van der Waals surface area (Å²) in [5.41, 5.74) is 2.17. The minimum atomic E-state index is 0.353. The van der Waals surface area contributed by atoms with Crippen molar-refractivity contribution in [2.75, 3.05) is 0 Å². The number of ether oxygens (including phenoxy) is 1. The van der Waals surface area contributed by atoms with E-state index in [-0.39, 0.29) is 0 Å². The third kappa shape index (κ3) is 2.96. The van der Waals surface area contributed by atoms with Gasteiger partial charge in [-0.05, 0) is 18.1 Å². The van der Waals surface area contributed by atoms with Gasteiger partial charge in [0, 0.05) is 16.7 Å². The van der Waals surface area contributed by atoms with Crippen LogP contribution in [0.15, 0.2) is 30.5 Å². The molecule has 1 aromatic heterocycles. The second kappa shape index (κ2) is 5.78. The normalized spacial score (nSPS) is 10.6. The molecular weight excluding hydrogens is 252 g/mol. The minimum absolute atomic E-state index is 0.353. The molecule has 1 aromatic carbocycles. The van der Waals surface area contributed by atoms with Crippen LogP contribution in [0.3, 0.4) is 0 Å². The van der Waals surface area contributed by atoms with E-state index in [1.165, 1.54) is 11.8 Å². The lowest BCUT2D eigenvalue weighted by Crippen LogP contribution is -2.02. The quantitative estimate of drug-likeness (QED) is 0.845. The predicted molar refractivity (Wildman–Crippen MR) is 69.2 cm³/mol. The maximum atomic E-state index is 9.04. The lowest BCUT2D eigenvalue weighted by Gasteiger charge is -2.10. The van der Waals surface area contributed by atoms with Gasteiger partial charge < -0.3 is 9.94 Å². The van der Waals surface area contributed by atoms with Crippen molar-refractivity contribution in [3.8, 4) is 5.88 Å². The average Bonchev–Trinajstić information content (AvgIpc) is 2.75. The molecule has 1 N–H and O–H groups in total. The molecular formula is C13H15ClN2O2. The van der Waals surface area contributed by atoms with Crippen molar-refractivity contribution in [1.29, 1.82) is 0 Å². The van der Waals surface area contributed by atoms with E-state index in [1.54, 1.807) is 6.07 Å². The van der Waals surface area contributed by atoms with Gasteiger partial charge in [-0.1, -0.05) is 42.2 Å². The third-order valence-electron chi connectivity index (χ3n) is 2.65. The van der Waals surface area contributed by atoms with Gasteiger partial charge in [0.2, 0.25) is 5.88 Å². The number of benzene rings is 1. The summed E-state index contributed by atoms with van der Waals surface area (Å²) in [4.78, 5) is 0.717. The first-order valence-electron chi connectivity index (χ1n) is 5.84. The molecule has 0 saturated heterocycles. The number of nitrogens with zero attached hydrogens (tertiary/aromatic N) is 2. The molecule has 96 valence electrons. The maximum Gasteiger partial charge on any atom is 0.236 e. The van der Waals surface area contributed by atoms with Gasteiger partial charge in [-0.15, -0.1) is 4.85 Å². The second-order valence-electron chi connectivity index (χ2n) is 3.99. The zero-order chi connectivity index (χ0) is 13.0. The first kappa shape index (κ1) is 12.8. The second-order valence-corrected chi connectivity index (χ2v) is 4.40. The minimum Gasteiger partial charge on any atom is -0.472 e. The van der Waals surface area contributed by atoms with E-state index in [9.17, 15) is 0 Å². The first-order valence-corrected chi connectivity index (χ1v) is 6.22. The summed E-state index contributed by atoms with van der Waals surface area (Å²) in [7, 11) is 0. The highest BCUT2D eigenvalue weighted by atomic mass is 35.5. The van der Waals surface area contributed by atoms with Crippen molar-refractivity contribution in [3.05, 3.63) is 46.6 Å². The van der Waals surface area contributed by atoms with Crippen molar-refractivity contribution in [2.24, 2.45) is 0 Å². The summed E-state index contributed by atoms with van der Waals surface area (Å²) in [6.07, 6.45) is 3.43. The summed E-state index contributed by atoms with van der Waals surface area (Å²) in [5, 5.41) is 13.5. The Hall–Kier alpha value is -1.68. The zero-order valence-corrected chi connectivity index (χ0v) is 10.9. The van der Waals surface area contributed by atoms with Gasteiger partial charge in [0.05, 0.1) is 6.20 Å². The fraction of sp³-hybridized carbons (Fsp3) is 0.308. The van der Waals surface area contributed by atoms with Gasteiger partial charge in [-0.25, -0.2) is 0 Å². The van der Waals surface area contributed by atoms with Gasteiger partial charge in [0.25, 0.3) is 0 Å². The highest BCUT2D eigenvalue weighted by molar-refractivity contribution is 6.31. The molecule has 0 amide bonds. The van der Waals surface area contributed by atoms with E-state index in [1.807, 2.05) is 12.1 Å². The van der Waals surface area contributed by atoms with E-state index >= 15 is 0 Å². The topological polar surface area (TPSA) is 47.3 Å². The molecule has 0 fully saturated rings. The number of hydrogen-bond donors (Lipinski definition) is 1. The molecule has 0 spiro atoms. The molecule has 0 bridgehead atoms. The van der Waals surface area contributed by atoms with Crippen LogP contribution in [0.25, 0.3) is 0 Å². The molecule has 0 radical (unpaired) electrons. The van der Waals surface area contributed by atoms with Crippen molar-refractivity contribution in [3.63, 3.8) is 0 Å². The SMILES string of the molecule is CCCc1cccc(Cl)c1COc1ccn(O)n1. The van der Waals surface area contributed by atoms with Gasteiger partial charge in [0.1, 0.15) is 6.61 Å². The number of hydrogen-bond acceptors (Lipinski definition) is 3. The molecule has 0 atom stereocenters. The van der Waals surface area contributed by atoms with Crippen LogP contribution in [0.2, 0.25) is 5.02 Å². The summed E-state index contributed by atoms with van der Waals surface area (Å²) < 4.78 is 5.50. The summed E-state index contributed by atoms with van der Waals surface area (Å²) in [6, 6.07) is 7.44.